The fourth-order valence-electron chi connectivity index (χ4n) is 2.93. The van der Waals surface area contributed by atoms with E-state index in [1.54, 1.807) is 0 Å². The molecule has 2 fully saturated rings. The average molecular weight is 356 g/mol. The van der Waals surface area contributed by atoms with Crippen molar-refractivity contribution in [3.8, 4) is 0 Å². The molecule has 0 bridgehead atoms. The number of aliphatic hydroxyl groups excluding tert-OH is 4. The Kier molecular flexibility index (Phi) is 4.85. The minimum absolute atomic E-state index is 0.138. The molecule has 0 aromatic rings. The first-order chi connectivity index (χ1) is 11.8. The van der Waals surface area contributed by atoms with Crippen molar-refractivity contribution in [3.05, 3.63) is 28.8 Å². The highest BCUT2D eigenvalue weighted by Gasteiger charge is 2.45. The Labute approximate surface area is 141 Å². The van der Waals surface area contributed by atoms with Crippen LogP contribution in [-0.4, -0.2) is 81.0 Å². The predicted octanol–water partition coefficient (Wildman–Crippen LogP) is -2.64. The maximum Gasteiger partial charge on any atom is 0.326 e. The Morgan fingerprint density at radius 2 is 2.04 bits per heavy atom. The van der Waals surface area contributed by atoms with Crippen molar-refractivity contribution >= 4 is 5.97 Å². The molecule has 7 atom stereocenters. The summed E-state index contributed by atoms with van der Waals surface area (Å²) in [5.74, 6) is -1.68. The lowest BCUT2D eigenvalue weighted by Crippen LogP contribution is -2.59. The van der Waals surface area contributed by atoms with Gasteiger partial charge in [-0.3, -0.25) is 5.11 Å². The van der Waals surface area contributed by atoms with Gasteiger partial charge < -0.3 is 40.3 Å². The van der Waals surface area contributed by atoms with Crippen molar-refractivity contribution in [1.82, 2.24) is 5.32 Å². The normalized spacial score (nSPS) is 40.5. The first-order valence-electron chi connectivity index (χ1n) is 7.66. The second-order valence-electron chi connectivity index (χ2n) is 6.05. The van der Waals surface area contributed by atoms with Crippen LogP contribution in [0.25, 0.3) is 0 Å². The monoisotopic (exact) mass is 356 g/mol. The number of fused-ring (bicyclic) bond motifs is 1. The molecule has 0 saturated carbocycles. The Morgan fingerprint density at radius 1 is 1.32 bits per heavy atom. The third-order valence-electron chi connectivity index (χ3n) is 4.35. The largest absolute Gasteiger partial charge is 0.480 e. The molecule has 137 valence electrons. The van der Waals surface area contributed by atoms with E-state index in [2.05, 4.69) is 11.0 Å². The van der Waals surface area contributed by atoms with Gasteiger partial charge in [-0.15, -0.1) is 0 Å². The second kappa shape index (κ2) is 6.77. The third-order valence-corrected chi connectivity index (χ3v) is 4.35. The molecule has 0 aromatic carbocycles. The summed E-state index contributed by atoms with van der Waals surface area (Å²) < 4.78 is 10.6. The zero-order valence-electron chi connectivity index (χ0n) is 12.9. The Bertz CT molecular complexity index is 651. The summed E-state index contributed by atoms with van der Waals surface area (Å²) in [6.45, 7) is -0.620. The zero-order valence-corrected chi connectivity index (χ0v) is 12.9. The Balaban J connectivity index is 1.76. The molecule has 2 heterocycles. The number of rotatable bonds is 4. The predicted molar refractivity (Wildman–Crippen MR) is 77.1 cm³/mol. The van der Waals surface area contributed by atoms with Crippen LogP contribution in [0.15, 0.2) is 28.8 Å². The molecule has 0 spiro atoms. The number of carbonyl (C=O) groups is 1. The molecular weight excluding hydrogens is 338 g/mol. The summed E-state index contributed by atoms with van der Waals surface area (Å²) >= 11 is 0. The summed E-state index contributed by atoms with van der Waals surface area (Å²) in [4.78, 5) is 11.0. The summed E-state index contributed by atoms with van der Waals surface area (Å²) in [5.41, 5.74) is 3.29. The Morgan fingerprint density at radius 3 is 2.68 bits per heavy atom. The minimum atomic E-state index is -1.64. The third kappa shape index (κ3) is 3.29. The first-order valence-corrected chi connectivity index (χ1v) is 7.66. The van der Waals surface area contributed by atoms with E-state index in [4.69, 9.17) is 19.7 Å². The van der Waals surface area contributed by atoms with Crippen molar-refractivity contribution < 1.29 is 44.9 Å². The molecular formula is C15H18NO9. The molecule has 1 radical (unpaired) electrons. The van der Waals surface area contributed by atoms with Gasteiger partial charge in [0.15, 0.2) is 6.29 Å². The highest BCUT2D eigenvalue weighted by atomic mass is 16.7. The molecule has 2 aliphatic heterocycles. The number of hydrogen-bond acceptors (Lipinski definition) is 8. The standard InChI is InChI=1S/C15H18NO9/c17-4-10-11(19)12(20)13(21)15(25-10)24-9-2-5-1-7(14(22)23)16-6(5)3-8(9)18/h2,7,9-13,15-17,19-21H,1,4H2,(H,22,23)/t7-,9?,10+,11+,12-,13+,15+/m0/s1. The summed E-state index contributed by atoms with van der Waals surface area (Å²) in [6.07, 6.45) is -7.08. The molecule has 1 unspecified atom stereocenters. The van der Waals surface area contributed by atoms with E-state index in [1.807, 2.05) is 0 Å². The van der Waals surface area contributed by atoms with Crippen LogP contribution in [0.2, 0.25) is 0 Å². The quantitative estimate of drug-likeness (QED) is 0.295. The highest BCUT2D eigenvalue weighted by Crippen LogP contribution is 2.30. The molecule has 25 heavy (non-hydrogen) atoms. The van der Waals surface area contributed by atoms with Crippen molar-refractivity contribution in [2.24, 2.45) is 0 Å². The van der Waals surface area contributed by atoms with Gasteiger partial charge in [0.1, 0.15) is 36.6 Å². The summed E-state index contributed by atoms with van der Waals surface area (Å²) in [6, 6.07) is -0.868. The number of carboxylic acids is 1. The fraction of sp³-hybridized carbons (Fsp3) is 0.600. The van der Waals surface area contributed by atoms with Crippen LogP contribution in [0.5, 0.6) is 0 Å². The molecule has 0 amide bonds. The highest BCUT2D eigenvalue weighted by molar-refractivity contribution is 5.76. The van der Waals surface area contributed by atoms with E-state index in [0.717, 1.165) is 0 Å². The van der Waals surface area contributed by atoms with Crippen molar-refractivity contribution in [2.45, 2.75) is 49.3 Å². The van der Waals surface area contributed by atoms with Gasteiger partial charge in [0.05, 0.1) is 12.3 Å². The van der Waals surface area contributed by atoms with E-state index in [0.29, 0.717) is 5.57 Å². The van der Waals surface area contributed by atoms with Crippen LogP contribution in [-0.2, 0) is 19.4 Å². The van der Waals surface area contributed by atoms with Crippen molar-refractivity contribution in [1.29, 1.82) is 0 Å². The lowest BCUT2D eigenvalue weighted by atomic mass is 9.99. The molecule has 6 N–H and O–H groups in total. The van der Waals surface area contributed by atoms with Gasteiger partial charge in [0.2, 0.25) is 5.76 Å². The lowest BCUT2D eigenvalue weighted by Gasteiger charge is -2.40. The van der Waals surface area contributed by atoms with E-state index < -0.39 is 61.2 Å². The van der Waals surface area contributed by atoms with E-state index >= 15 is 0 Å². The van der Waals surface area contributed by atoms with Crippen LogP contribution >= 0.6 is 0 Å². The summed E-state index contributed by atoms with van der Waals surface area (Å²) in [5, 5.41) is 62.4. The lowest BCUT2D eigenvalue weighted by molar-refractivity contribution is -0.306. The molecule has 0 aromatic heterocycles. The maximum atomic E-state index is 12.1. The summed E-state index contributed by atoms with van der Waals surface area (Å²) in [7, 11) is 0. The van der Waals surface area contributed by atoms with Gasteiger partial charge in [0.25, 0.3) is 0 Å². The van der Waals surface area contributed by atoms with Crippen LogP contribution in [0.3, 0.4) is 0 Å². The van der Waals surface area contributed by atoms with Crippen LogP contribution < -0.4 is 5.32 Å². The number of aliphatic carboxylic acids is 1. The van der Waals surface area contributed by atoms with E-state index in [-0.39, 0.29) is 12.1 Å². The molecule has 3 aliphatic rings. The fourth-order valence-corrected chi connectivity index (χ4v) is 2.93. The van der Waals surface area contributed by atoms with Crippen LogP contribution in [0.4, 0.5) is 0 Å². The van der Waals surface area contributed by atoms with Gasteiger partial charge in [-0.25, -0.2) is 4.79 Å². The minimum Gasteiger partial charge on any atom is -0.480 e. The number of aliphatic hydroxyl groups is 4. The topological polar surface area (TPSA) is 169 Å². The van der Waals surface area contributed by atoms with E-state index in [9.17, 15) is 25.2 Å². The first kappa shape index (κ1) is 17.9. The van der Waals surface area contributed by atoms with Gasteiger partial charge in [0, 0.05) is 6.42 Å². The molecule has 2 saturated heterocycles. The number of ether oxygens (including phenoxy) is 2. The smallest absolute Gasteiger partial charge is 0.326 e. The van der Waals surface area contributed by atoms with Crippen LogP contribution in [0.1, 0.15) is 6.42 Å². The van der Waals surface area contributed by atoms with Crippen LogP contribution in [0, 0.1) is 0 Å². The van der Waals surface area contributed by atoms with Crippen molar-refractivity contribution in [2.75, 3.05) is 6.61 Å². The molecule has 1 aliphatic carbocycles. The van der Waals surface area contributed by atoms with Gasteiger partial charge in [-0.2, -0.15) is 0 Å². The molecule has 3 rings (SSSR count). The SMILES string of the molecule is [O]C1=C=C2N[C@H](C(=O)O)CC2=CC1O[C@@H]1O[C@H](CO)[C@@H](O)[C@H](O)[C@H]1O. The van der Waals surface area contributed by atoms with E-state index in [1.165, 1.54) is 6.08 Å². The Hall–Kier alpha value is -1.91. The number of carboxylic acid groups (broad SMARTS) is 1. The van der Waals surface area contributed by atoms with Gasteiger partial charge in [-0.1, -0.05) is 0 Å². The number of hydrogen-bond donors (Lipinski definition) is 6. The van der Waals surface area contributed by atoms with Gasteiger partial charge >= 0.3 is 5.97 Å². The second-order valence-corrected chi connectivity index (χ2v) is 6.05. The maximum absolute atomic E-state index is 12.1. The van der Waals surface area contributed by atoms with Crippen molar-refractivity contribution in [3.63, 3.8) is 0 Å². The molecule has 10 heteroatoms. The zero-order chi connectivity index (χ0) is 18.3. The molecule has 10 nitrogen and oxygen atoms in total. The van der Waals surface area contributed by atoms with Gasteiger partial charge in [-0.05, 0) is 17.4 Å². The number of nitrogens with one attached hydrogen (secondary N) is 1. The average Bonchev–Trinajstić information content (AvgIpc) is 2.98.